The highest BCUT2D eigenvalue weighted by atomic mass is 79.9. The first kappa shape index (κ1) is 9.54. The highest BCUT2D eigenvalue weighted by molar-refractivity contribution is 9.11. The van der Waals surface area contributed by atoms with Gasteiger partial charge in [0, 0.05) is 6.07 Å². The summed E-state index contributed by atoms with van der Waals surface area (Å²) in [4.78, 5) is 11.6. The fraction of sp³-hybridized carbons (Fsp3) is 0.286. The van der Waals surface area contributed by atoms with Crippen molar-refractivity contribution in [3.8, 4) is 5.75 Å². The maximum Gasteiger partial charge on any atom is 0.351 e. The number of esters is 1. The van der Waals surface area contributed by atoms with Gasteiger partial charge in [0.1, 0.15) is 5.75 Å². The molecule has 1 aromatic heterocycles. The maximum atomic E-state index is 11.1. The molecule has 66 valence electrons. The minimum Gasteiger partial charge on any atom is -0.495 e. The van der Waals surface area contributed by atoms with Gasteiger partial charge >= 0.3 is 5.97 Å². The molecule has 0 saturated heterocycles. The van der Waals surface area contributed by atoms with Gasteiger partial charge in [-0.1, -0.05) is 0 Å². The number of methoxy groups -OCH3 is 2. The summed E-state index contributed by atoms with van der Waals surface area (Å²) >= 11 is 4.54. The summed E-state index contributed by atoms with van der Waals surface area (Å²) in [6.07, 6.45) is 0. The summed E-state index contributed by atoms with van der Waals surface area (Å²) < 4.78 is 10.4. The second-order valence-electron chi connectivity index (χ2n) is 1.94. The van der Waals surface area contributed by atoms with Crippen molar-refractivity contribution in [1.82, 2.24) is 0 Å². The minimum absolute atomic E-state index is 0.373. The molecule has 3 nitrogen and oxygen atoms in total. The first-order valence-corrected chi connectivity index (χ1v) is 4.71. The van der Waals surface area contributed by atoms with Crippen molar-refractivity contribution in [2.45, 2.75) is 0 Å². The van der Waals surface area contributed by atoms with E-state index in [1.807, 2.05) is 0 Å². The number of rotatable bonds is 2. The summed E-state index contributed by atoms with van der Waals surface area (Å²) in [7, 11) is 2.86. The van der Waals surface area contributed by atoms with E-state index in [0.29, 0.717) is 10.6 Å². The van der Waals surface area contributed by atoms with Crippen LogP contribution < -0.4 is 4.74 Å². The van der Waals surface area contributed by atoms with Crippen LogP contribution in [-0.2, 0) is 4.74 Å². The molecule has 1 rings (SSSR count). The Hall–Kier alpha value is -0.550. The summed E-state index contributed by atoms with van der Waals surface area (Å²) in [6, 6.07) is 1.73. The van der Waals surface area contributed by atoms with Gasteiger partial charge in [-0.25, -0.2) is 4.79 Å². The van der Waals surface area contributed by atoms with E-state index in [-0.39, 0.29) is 5.97 Å². The largest absolute Gasteiger partial charge is 0.495 e. The molecule has 0 N–H and O–H groups in total. The maximum absolute atomic E-state index is 11.1. The van der Waals surface area contributed by atoms with Crippen molar-refractivity contribution >= 4 is 33.2 Å². The number of hydrogen-bond donors (Lipinski definition) is 0. The van der Waals surface area contributed by atoms with Crippen LogP contribution in [0.2, 0.25) is 0 Å². The highest BCUT2D eigenvalue weighted by Crippen LogP contribution is 2.33. The normalized spacial score (nSPS) is 9.58. The third-order valence-electron chi connectivity index (χ3n) is 1.26. The van der Waals surface area contributed by atoms with Gasteiger partial charge in [-0.3, -0.25) is 0 Å². The lowest BCUT2D eigenvalue weighted by atomic mass is 10.4. The van der Waals surface area contributed by atoms with Gasteiger partial charge in [-0.05, 0) is 15.9 Å². The van der Waals surface area contributed by atoms with E-state index in [2.05, 4.69) is 20.7 Å². The Morgan fingerprint density at radius 2 is 2.25 bits per heavy atom. The van der Waals surface area contributed by atoms with Crippen molar-refractivity contribution < 1.29 is 14.3 Å². The summed E-state index contributed by atoms with van der Waals surface area (Å²) in [6.45, 7) is 0. The molecule has 0 aliphatic carbocycles. The van der Waals surface area contributed by atoms with E-state index in [1.165, 1.54) is 25.6 Å². The van der Waals surface area contributed by atoms with Gasteiger partial charge in [0.05, 0.1) is 18.0 Å². The summed E-state index contributed by atoms with van der Waals surface area (Å²) in [5.41, 5.74) is 0. The smallest absolute Gasteiger partial charge is 0.351 e. The van der Waals surface area contributed by atoms with E-state index in [1.54, 1.807) is 6.07 Å². The zero-order valence-corrected chi connectivity index (χ0v) is 8.99. The first-order chi connectivity index (χ1) is 5.69. The molecule has 0 bridgehead atoms. The van der Waals surface area contributed by atoms with Crippen LogP contribution in [0.1, 0.15) is 9.67 Å². The Labute approximate surface area is 82.4 Å². The lowest BCUT2D eigenvalue weighted by molar-refractivity contribution is 0.0603. The third kappa shape index (κ3) is 1.78. The van der Waals surface area contributed by atoms with Crippen molar-refractivity contribution in [2.24, 2.45) is 0 Å². The molecular weight excluding hydrogens is 244 g/mol. The molecule has 12 heavy (non-hydrogen) atoms. The molecule has 0 aromatic carbocycles. The second-order valence-corrected chi connectivity index (χ2v) is 4.37. The number of ether oxygens (including phenoxy) is 2. The summed E-state index contributed by atoms with van der Waals surface area (Å²) in [5.74, 6) is 0.168. The molecule has 0 atom stereocenters. The van der Waals surface area contributed by atoms with Gasteiger partial charge in [0.15, 0.2) is 4.88 Å². The van der Waals surface area contributed by atoms with E-state index in [0.717, 1.165) is 3.79 Å². The predicted molar refractivity (Wildman–Crippen MR) is 49.9 cm³/mol. The Morgan fingerprint density at radius 1 is 1.58 bits per heavy atom. The van der Waals surface area contributed by atoms with Gasteiger partial charge in [-0.15, -0.1) is 11.3 Å². The van der Waals surface area contributed by atoms with Crippen LogP contribution in [0.4, 0.5) is 0 Å². The monoisotopic (exact) mass is 250 g/mol. The van der Waals surface area contributed by atoms with Crippen LogP contribution in [0.5, 0.6) is 5.75 Å². The Kier molecular flexibility index (Phi) is 3.11. The van der Waals surface area contributed by atoms with E-state index in [9.17, 15) is 4.79 Å². The SMILES string of the molecule is COC(=O)c1sc(Br)cc1OC. The van der Waals surface area contributed by atoms with Crippen LogP contribution in [0, 0.1) is 0 Å². The molecule has 0 amide bonds. The quantitative estimate of drug-likeness (QED) is 0.756. The first-order valence-electron chi connectivity index (χ1n) is 3.10. The Bertz CT molecular complexity index is 295. The molecule has 0 radical (unpaired) electrons. The predicted octanol–water partition coefficient (Wildman–Crippen LogP) is 2.31. The molecule has 0 spiro atoms. The molecule has 0 aliphatic heterocycles. The van der Waals surface area contributed by atoms with Crippen molar-refractivity contribution in [3.63, 3.8) is 0 Å². The third-order valence-corrected chi connectivity index (χ3v) is 2.86. The van der Waals surface area contributed by atoms with Gasteiger partial charge < -0.3 is 9.47 Å². The molecule has 0 unspecified atom stereocenters. The van der Waals surface area contributed by atoms with Crippen LogP contribution in [-0.4, -0.2) is 20.2 Å². The molecule has 0 fully saturated rings. The van der Waals surface area contributed by atoms with E-state index >= 15 is 0 Å². The van der Waals surface area contributed by atoms with Crippen molar-refractivity contribution in [1.29, 1.82) is 0 Å². The van der Waals surface area contributed by atoms with Gasteiger partial charge in [-0.2, -0.15) is 0 Å². The molecule has 1 aromatic rings. The molecule has 1 heterocycles. The number of halogens is 1. The number of hydrogen-bond acceptors (Lipinski definition) is 4. The lowest BCUT2D eigenvalue weighted by Crippen LogP contribution is -1.99. The number of carbonyl (C=O) groups excluding carboxylic acids is 1. The topological polar surface area (TPSA) is 35.5 Å². The second kappa shape index (κ2) is 3.91. The minimum atomic E-state index is -0.373. The Morgan fingerprint density at radius 3 is 2.75 bits per heavy atom. The molecular formula is C7H7BrO3S. The van der Waals surface area contributed by atoms with Crippen LogP contribution in [0.15, 0.2) is 9.85 Å². The number of carbonyl (C=O) groups is 1. The number of thiophene rings is 1. The average molecular weight is 251 g/mol. The highest BCUT2D eigenvalue weighted by Gasteiger charge is 2.16. The zero-order chi connectivity index (χ0) is 9.14. The fourth-order valence-electron chi connectivity index (χ4n) is 0.732. The summed E-state index contributed by atoms with van der Waals surface area (Å²) in [5, 5.41) is 0. The zero-order valence-electron chi connectivity index (χ0n) is 6.59. The van der Waals surface area contributed by atoms with Crippen molar-refractivity contribution in [2.75, 3.05) is 14.2 Å². The van der Waals surface area contributed by atoms with E-state index in [4.69, 9.17) is 4.74 Å². The Balaban J connectivity index is 3.04. The lowest BCUT2D eigenvalue weighted by Gasteiger charge is -1.98. The van der Waals surface area contributed by atoms with E-state index < -0.39 is 0 Å². The van der Waals surface area contributed by atoms with Crippen LogP contribution in [0.25, 0.3) is 0 Å². The van der Waals surface area contributed by atoms with Gasteiger partial charge in [0.25, 0.3) is 0 Å². The molecule has 0 saturated carbocycles. The standard InChI is InChI=1S/C7H7BrO3S/c1-10-4-3-5(8)12-6(4)7(9)11-2/h3H,1-2H3. The molecule has 5 heteroatoms. The van der Waals surface area contributed by atoms with Crippen LogP contribution >= 0.6 is 27.3 Å². The van der Waals surface area contributed by atoms with Gasteiger partial charge in [0.2, 0.25) is 0 Å². The average Bonchev–Trinajstić information content (AvgIpc) is 2.45. The molecule has 0 aliphatic rings. The van der Waals surface area contributed by atoms with Crippen LogP contribution in [0.3, 0.4) is 0 Å². The fourth-order valence-corrected chi connectivity index (χ4v) is 2.20. The van der Waals surface area contributed by atoms with Crippen molar-refractivity contribution in [3.05, 3.63) is 14.7 Å².